The molecular weight excluding hydrogens is 290 g/mol. The van der Waals surface area contributed by atoms with Crippen LogP contribution in [0.15, 0.2) is 48.8 Å². The SMILES string of the molecule is CN(Cc1cccnc1)C(=O)c1cccc(NC(=O)C2CC2)c1. The Morgan fingerprint density at radius 2 is 2.09 bits per heavy atom. The smallest absolute Gasteiger partial charge is 0.253 e. The van der Waals surface area contributed by atoms with Gasteiger partial charge in [0, 0.05) is 43.2 Å². The van der Waals surface area contributed by atoms with Crippen LogP contribution in [0.2, 0.25) is 0 Å². The van der Waals surface area contributed by atoms with E-state index < -0.39 is 0 Å². The molecule has 118 valence electrons. The van der Waals surface area contributed by atoms with Gasteiger partial charge in [-0.3, -0.25) is 14.6 Å². The third-order valence-corrected chi connectivity index (χ3v) is 3.81. The summed E-state index contributed by atoms with van der Waals surface area (Å²) in [5, 5.41) is 2.87. The highest BCUT2D eigenvalue weighted by Crippen LogP contribution is 2.30. The van der Waals surface area contributed by atoms with Gasteiger partial charge < -0.3 is 10.2 Å². The third kappa shape index (κ3) is 3.94. The monoisotopic (exact) mass is 309 g/mol. The van der Waals surface area contributed by atoms with Gasteiger partial charge in [-0.2, -0.15) is 0 Å². The summed E-state index contributed by atoms with van der Waals surface area (Å²) in [7, 11) is 1.75. The number of nitrogens with one attached hydrogen (secondary N) is 1. The van der Waals surface area contributed by atoms with Gasteiger partial charge in [-0.05, 0) is 42.7 Å². The zero-order valence-electron chi connectivity index (χ0n) is 13.0. The van der Waals surface area contributed by atoms with E-state index in [1.807, 2.05) is 12.1 Å². The molecule has 0 aliphatic heterocycles. The fourth-order valence-electron chi connectivity index (χ4n) is 2.38. The minimum atomic E-state index is -0.0867. The predicted octanol–water partition coefficient (Wildman–Crippen LogP) is 2.70. The van der Waals surface area contributed by atoms with Crippen LogP contribution < -0.4 is 5.32 Å². The number of benzene rings is 1. The second kappa shape index (κ2) is 6.60. The van der Waals surface area contributed by atoms with Gasteiger partial charge in [0.05, 0.1) is 0 Å². The van der Waals surface area contributed by atoms with E-state index in [9.17, 15) is 9.59 Å². The molecule has 1 aromatic heterocycles. The van der Waals surface area contributed by atoms with Crippen LogP contribution in [0.4, 0.5) is 5.69 Å². The Morgan fingerprint density at radius 1 is 1.26 bits per heavy atom. The zero-order valence-corrected chi connectivity index (χ0v) is 13.0. The highest BCUT2D eigenvalue weighted by molar-refractivity contribution is 5.98. The summed E-state index contributed by atoms with van der Waals surface area (Å²) in [5.41, 5.74) is 2.20. The van der Waals surface area contributed by atoms with Gasteiger partial charge in [0.1, 0.15) is 0 Å². The minimum Gasteiger partial charge on any atom is -0.337 e. The average Bonchev–Trinajstić information content (AvgIpc) is 3.40. The van der Waals surface area contributed by atoms with Crippen LogP contribution in [0.1, 0.15) is 28.8 Å². The van der Waals surface area contributed by atoms with Crippen LogP contribution in [-0.2, 0) is 11.3 Å². The summed E-state index contributed by atoms with van der Waals surface area (Å²) in [6, 6.07) is 10.9. The molecule has 3 rings (SSSR count). The largest absolute Gasteiger partial charge is 0.337 e. The Labute approximate surface area is 135 Å². The first-order valence-electron chi connectivity index (χ1n) is 7.69. The van der Waals surface area contributed by atoms with E-state index in [4.69, 9.17) is 0 Å². The van der Waals surface area contributed by atoms with E-state index in [2.05, 4.69) is 10.3 Å². The number of amides is 2. The average molecular weight is 309 g/mol. The van der Waals surface area contributed by atoms with Crippen molar-refractivity contribution in [2.24, 2.45) is 5.92 Å². The number of anilines is 1. The first kappa shape index (κ1) is 15.2. The number of aromatic nitrogens is 1. The van der Waals surface area contributed by atoms with Crippen molar-refractivity contribution in [1.82, 2.24) is 9.88 Å². The highest BCUT2D eigenvalue weighted by atomic mass is 16.2. The topological polar surface area (TPSA) is 62.3 Å². The quantitative estimate of drug-likeness (QED) is 0.923. The molecule has 0 radical (unpaired) electrons. The Bertz CT molecular complexity index is 711. The molecule has 1 aromatic carbocycles. The van der Waals surface area contributed by atoms with Crippen LogP contribution in [0.5, 0.6) is 0 Å². The molecule has 5 nitrogen and oxygen atoms in total. The molecule has 1 N–H and O–H groups in total. The first-order chi connectivity index (χ1) is 11.1. The zero-order chi connectivity index (χ0) is 16.2. The van der Waals surface area contributed by atoms with Gasteiger partial charge in [0.15, 0.2) is 0 Å². The summed E-state index contributed by atoms with van der Waals surface area (Å²) < 4.78 is 0. The molecule has 0 saturated heterocycles. The summed E-state index contributed by atoms with van der Waals surface area (Å²) in [6.45, 7) is 0.491. The predicted molar refractivity (Wildman–Crippen MR) is 87.8 cm³/mol. The third-order valence-electron chi connectivity index (χ3n) is 3.81. The molecule has 0 bridgehead atoms. The van der Waals surface area contributed by atoms with Crippen molar-refractivity contribution < 1.29 is 9.59 Å². The van der Waals surface area contributed by atoms with E-state index in [1.54, 1.807) is 48.6 Å². The minimum absolute atomic E-state index is 0.0401. The maximum absolute atomic E-state index is 12.5. The summed E-state index contributed by atoms with van der Waals surface area (Å²) >= 11 is 0. The van der Waals surface area contributed by atoms with E-state index in [0.717, 1.165) is 18.4 Å². The lowest BCUT2D eigenvalue weighted by Crippen LogP contribution is -2.26. The van der Waals surface area contributed by atoms with E-state index in [-0.39, 0.29) is 17.7 Å². The molecule has 23 heavy (non-hydrogen) atoms. The molecule has 0 atom stereocenters. The molecule has 1 saturated carbocycles. The van der Waals surface area contributed by atoms with Crippen molar-refractivity contribution in [2.45, 2.75) is 19.4 Å². The summed E-state index contributed by atoms with van der Waals surface area (Å²) in [6.07, 6.45) is 5.37. The van der Waals surface area contributed by atoms with Crippen molar-refractivity contribution in [3.8, 4) is 0 Å². The van der Waals surface area contributed by atoms with Crippen molar-refractivity contribution >= 4 is 17.5 Å². The van der Waals surface area contributed by atoms with Crippen molar-refractivity contribution in [3.63, 3.8) is 0 Å². The first-order valence-corrected chi connectivity index (χ1v) is 7.69. The van der Waals surface area contributed by atoms with Crippen LogP contribution in [0, 0.1) is 5.92 Å². The summed E-state index contributed by atoms with van der Waals surface area (Å²) in [4.78, 5) is 30.0. The standard InChI is InChI=1S/C18H19N3O2/c1-21(12-13-4-3-9-19-11-13)18(23)15-5-2-6-16(10-15)20-17(22)14-7-8-14/h2-6,9-11,14H,7-8,12H2,1H3,(H,20,22). The number of nitrogens with zero attached hydrogens (tertiary/aromatic N) is 2. The summed E-state index contributed by atoms with van der Waals surface area (Å²) in [5.74, 6) is 0.0947. The number of rotatable bonds is 5. The van der Waals surface area contributed by atoms with E-state index in [0.29, 0.717) is 17.8 Å². The number of carbonyl (C=O) groups excluding carboxylic acids is 2. The van der Waals surface area contributed by atoms with Crippen LogP contribution >= 0.6 is 0 Å². The van der Waals surface area contributed by atoms with Crippen molar-refractivity contribution in [3.05, 3.63) is 59.9 Å². The Morgan fingerprint density at radius 3 is 2.78 bits per heavy atom. The molecule has 1 aliphatic carbocycles. The molecule has 2 amide bonds. The number of hydrogen-bond acceptors (Lipinski definition) is 3. The number of hydrogen-bond donors (Lipinski definition) is 1. The Kier molecular flexibility index (Phi) is 4.37. The van der Waals surface area contributed by atoms with E-state index >= 15 is 0 Å². The van der Waals surface area contributed by atoms with Gasteiger partial charge in [-0.1, -0.05) is 12.1 Å². The maximum Gasteiger partial charge on any atom is 0.253 e. The van der Waals surface area contributed by atoms with Crippen molar-refractivity contribution in [1.29, 1.82) is 0 Å². The van der Waals surface area contributed by atoms with Gasteiger partial charge in [-0.15, -0.1) is 0 Å². The molecule has 2 aromatic rings. The molecule has 1 heterocycles. The van der Waals surface area contributed by atoms with Crippen molar-refractivity contribution in [2.75, 3.05) is 12.4 Å². The van der Waals surface area contributed by atoms with Crippen LogP contribution in [0.25, 0.3) is 0 Å². The lowest BCUT2D eigenvalue weighted by atomic mass is 10.1. The second-order valence-corrected chi connectivity index (χ2v) is 5.87. The van der Waals surface area contributed by atoms with E-state index in [1.165, 1.54) is 0 Å². The Hall–Kier alpha value is -2.69. The Balaban J connectivity index is 1.67. The maximum atomic E-state index is 12.5. The molecule has 0 unspecified atom stereocenters. The number of carbonyl (C=O) groups is 2. The molecular formula is C18H19N3O2. The number of pyridine rings is 1. The molecule has 1 fully saturated rings. The van der Waals surface area contributed by atoms with Crippen LogP contribution in [0.3, 0.4) is 0 Å². The lowest BCUT2D eigenvalue weighted by molar-refractivity contribution is -0.117. The normalized spacial score (nSPS) is 13.4. The van der Waals surface area contributed by atoms with Gasteiger partial charge in [0.2, 0.25) is 5.91 Å². The second-order valence-electron chi connectivity index (χ2n) is 5.87. The van der Waals surface area contributed by atoms with Gasteiger partial charge >= 0.3 is 0 Å². The van der Waals surface area contributed by atoms with Crippen LogP contribution in [-0.4, -0.2) is 28.7 Å². The fraction of sp³-hybridized carbons (Fsp3) is 0.278. The molecule has 0 spiro atoms. The van der Waals surface area contributed by atoms with Gasteiger partial charge in [-0.25, -0.2) is 0 Å². The van der Waals surface area contributed by atoms with Gasteiger partial charge in [0.25, 0.3) is 5.91 Å². The molecule has 5 heteroatoms. The molecule has 1 aliphatic rings. The fourth-order valence-corrected chi connectivity index (χ4v) is 2.38. The lowest BCUT2D eigenvalue weighted by Gasteiger charge is -2.17. The highest BCUT2D eigenvalue weighted by Gasteiger charge is 2.29.